The first kappa shape index (κ1) is 25.0. The number of nitrogens with one attached hydrogen (secondary N) is 2. The predicted molar refractivity (Wildman–Crippen MR) is 124 cm³/mol. The molecule has 0 bridgehead atoms. The van der Waals surface area contributed by atoms with Gasteiger partial charge in [0.1, 0.15) is 18.0 Å². The van der Waals surface area contributed by atoms with Gasteiger partial charge in [0, 0.05) is 38.6 Å². The molecule has 0 aliphatic carbocycles. The van der Waals surface area contributed by atoms with Crippen LogP contribution in [-0.4, -0.2) is 55.3 Å². The fraction of sp³-hybridized carbons (Fsp3) is 0.450. The maximum absolute atomic E-state index is 13.0. The molecule has 7 nitrogen and oxygen atoms in total. The number of nitrogens with zero attached hydrogens (tertiary/aromatic N) is 4. The summed E-state index contributed by atoms with van der Waals surface area (Å²) in [6, 6.07) is 8.31. The van der Waals surface area contributed by atoms with E-state index in [2.05, 4.69) is 30.5 Å². The molecule has 1 saturated heterocycles. The minimum Gasteiger partial charge on any atom is -0.475 e. The Morgan fingerprint density at radius 2 is 1.90 bits per heavy atom. The second-order valence-corrected chi connectivity index (χ2v) is 6.79. The van der Waals surface area contributed by atoms with Crippen LogP contribution in [0.2, 0.25) is 0 Å². The first-order valence-electron chi connectivity index (χ1n) is 9.75. The van der Waals surface area contributed by atoms with Crippen LogP contribution in [0.1, 0.15) is 18.4 Å². The number of rotatable bonds is 6. The van der Waals surface area contributed by atoms with Gasteiger partial charge in [-0.3, -0.25) is 4.99 Å². The summed E-state index contributed by atoms with van der Waals surface area (Å²) in [7, 11) is 1.65. The second kappa shape index (κ2) is 11.9. The molecule has 3 heterocycles. The van der Waals surface area contributed by atoms with E-state index in [1.807, 2.05) is 18.2 Å². The normalized spacial score (nSPS) is 15.2. The van der Waals surface area contributed by atoms with E-state index in [1.165, 1.54) is 12.3 Å². The van der Waals surface area contributed by atoms with Crippen LogP contribution in [-0.2, 0) is 6.18 Å². The minimum absolute atomic E-state index is 0. The highest BCUT2D eigenvalue weighted by Crippen LogP contribution is 2.34. The molecule has 0 atom stereocenters. The van der Waals surface area contributed by atoms with Crippen molar-refractivity contribution in [1.29, 1.82) is 0 Å². The molecule has 2 N–H and O–H groups in total. The zero-order chi connectivity index (χ0) is 21.4. The largest absolute Gasteiger partial charge is 0.475 e. The molecule has 0 saturated carbocycles. The van der Waals surface area contributed by atoms with Gasteiger partial charge in [0.2, 0.25) is 5.88 Å². The van der Waals surface area contributed by atoms with E-state index >= 15 is 0 Å². The number of alkyl halides is 3. The quantitative estimate of drug-likeness (QED) is 0.249. The highest BCUT2D eigenvalue weighted by Gasteiger charge is 2.35. The van der Waals surface area contributed by atoms with Crippen LogP contribution >= 0.6 is 24.0 Å². The van der Waals surface area contributed by atoms with Gasteiger partial charge in [-0.2, -0.15) is 13.2 Å². The average molecular weight is 550 g/mol. The van der Waals surface area contributed by atoms with Gasteiger partial charge in [0.25, 0.3) is 0 Å². The number of guanidine groups is 1. The van der Waals surface area contributed by atoms with Crippen molar-refractivity contribution in [2.24, 2.45) is 4.99 Å². The van der Waals surface area contributed by atoms with Crippen LogP contribution in [0.3, 0.4) is 0 Å². The summed E-state index contributed by atoms with van der Waals surface area (Å²) < 4.78 is 44.1. The van der Waals surface area contributed by atoms with Crippen LogP contribution in [0.15, 0.2) is 47.7 Å². The van der Waals surface area contributed by atoms with Gasteiger partial charge in [-0.1, -0.05) is 6.07 Å². The summed E-state index contributed by atoms with van der Waals surface area (Å²) in [5.41, 5.74) is -0.882. The molecular formula is C20H26F3IN6O. The number of aromatic nitrogens is 2. The molecule has 170 valence electrons. The first-order chi connectivity index (χ1) is 14.5. The SMILES string of the molecule is CN=C(NCCOc1ncccc1C(F)(F)F)NC1CCN(c2ccccn2)CC1.I. The lowest BCUT2D eigenvalue weighted by Crippen LogP contribution is -2.49. The molecule has 0 aromatic carbocycles. The van der Waals surface area contributed by atoms with Gasteiger partial charge < -0.3 is 20.3 Å². The van der Waals surface area contributed by atoms with Gasteiger partial charge in [-0.25, -0.2) is 9.97 Å². The monoisotopic (exact) mass is 550 g/mol. The number of hydrogen-bond acceptors (Lipinski definition) is 5. The lowest BCUT2D eigenvalue weighted by Gasteiger charge is -2.33. The molecule has 1 fully saturated rings. The van der Waals surface area contributed by atoms with Crippen molar-refractivity contribution in [3.05, 3.63) is 48.3 Å². The highest BCUT2D eigenvalue weighted by atomic mass is 127. The molecule has 2 aromatic heterocycles. The number of hydrogen-bond donors (Lipinski definition) is 2. The first-order valence-corrected chi connectivity index (χ1v) is 9.75. The summed E-state index contributed by atoms with van der Waals surface area (Å²) >= 11 is 0. The molecule has 0 spiro atoms. The Morgan fingerprint density at radius 1 is 1.16 bits per heavy atom. The minimum atomic E-state index is -4.50. The molecule has 1 aliphatic heterocycles. The van der Waals surface area contributed by atoms with Crippen molar-refractivity contribution in [2.45, 2.75) is 25.1 Å². The molecular weight excluding hydrogens is 524 g/mol. The number of ether oxygens (including phenoxy) is 1. The number of aliphatic imine (C=N–C) groups is 1. The van der Waals surface area contributed by atoms with E-state index in [9.17, 15) is 13.2 Å². The van der Waals surface area contributed by atoms with Crippen molar-refractivity contribution >= 4 is 35.8 Å². The van der Waals surface area contributed by atoms with E-state index in [0.717, 1.165) is 37.8 Å². The Hall–Kier alpha value is -2.31. The highest BCUT2D eigenvalue weighted by molar-refractivity contribution is 14.0. The molecule has 31 heavy (non-hydrogen) atoms. The maximum atomic E-state index is 13.0. The molecule has 3 rings (SSSR count). The van der Waals surface area contributed by atoms with Crippen LogP contribution < -0.4 is 20.3 Å². The van der Waals surface area contributed by atoms with E-state index in [4.69, 9.17) is 4.74 Å². The van der Waals surface area contributed by atoms with Crippen molar-refractivity contribution in [3.63, 3.8) is 0 Å². The number of piperidine rings is 1. The second-order valence-electron chi connectivity index (χ2n) is 6.79. The van der Waals surface area contributed by atoms with Gasteiger partial charge in [-0.15, -0.1) is 24.0 Å². The summed E-state index contributed by atoms with van der Waals surface area (Å²) in [6.45, 7) is 2.09. The summed E-state index contributed by atoms with van der Waals surface area (Å²) in [6.07, 6.45) is 0.415. The van der Waals surface area contributed by atoms with Crippen molar-refractivity contribution in [2.75, 3.05) is 38.2 Å². The van der Waals surface area contributed by atoms with Crippen molar-refractivity contribution in [1.82, 2.24) is 20.6 Å². The Labute approximate surface area is 196 Å². The Kier molecular flexibility index (Phi) is 9.59. The lowest BCUT2D eigenvalue weighted by atomic mass is 10.1. The van der Waals surface area contributed by atoms with E-state index in [-0.39, 0.29) is 36.6 Å². The third-order valence-electron chi connectivity index (χ3n) is 4.74. The zero-order valence-corrected chi connectivity index (χ0v) is 19.4. The Morgan fingerprint density at radius 3 is 2.55 bits per heavy atom. The number of pyridine rings is 2. The van der Waals surface area contributed by atoms with Crippen LogP contribution in [0.4, 0.5) is 19.0 Å². The molecule has 0 amide bonds. The smallest absolute Gasteiger partial charge is 0.421 e. The topological polar surface area (TPSA) is 74.7 Å². The van der Waals surface area contributed by atoms with Gasteiger partial charge >= 0.3 is 6.18 Å². The Bertz CT molecular complexity index is 829. The third kappa shape index (κ3) is 7.40. The van der Waals surface area contributed by atoms with Gasteiger partial charge in [-0.05, 0) is 37.1 Å². The van der Waals surface area contributed by atoms with Gasteiger partial charge in [0.15, 0.2) is 5.96 Å². The van der Waals surface area contributed by atoms with E-state index < -0.39 is 17.6 Å². The molecule has 0 radical (unpaired) electrons. The average Bonchev–Trinajstić information content (AvgIpc) is 2.76. The van der Waals surface area contributed by atoms with Crippen LogP contribution in [0.5, 0.6) is 5.88 Å². The zero-order valence-electron chi connectivity index (χ0n) is 17.1. The summed E-state index contributed by atoms with van der Waals surface area (Å²) in [5.74, 6) is 1.15. The molecule has 0 unspecified atom stereocenters. The fourth-order valence-corrected chi connectivity index (χ4v) is 3.22. The predicted octanol–water partition coefficient (Wildman–Crippen LogP) is 3.33. The fourth-order valence-electron chi connectivity index (χ4n) is 3.22. The summed E-state index contributed by atoms with van der Waals surface area (Å²) in [4.78, 5) is 14.5. The molecule has 1 aliphatic rings. The lowest BCUT2D eigenvalue weighted by molar-refractivity contribution is -0.139. The third-order valence-corrected chi connectivity index (χ3v) is 4.74. The number of halogens is 4. The van der Waals surface area contributed by atoms with Crippen molar-refractivity contribution in [3.8, 4) is 5.88 Å². The van der Waals surface area contributed by atoms with E-state index in [0.29, 0.717) is 12.5 Å². The maximum Gasteiger partial charge on any atom is 0.421 e. The Balaban J connectivity index is 0.00000341. The molecule has 2 aromatic rings. The van der Waals surface area contributed by atoms with E-state index in [1.54, 1.807) is 13.2 Å². The standard InChI is InChI=1S/C20H25F3N6O.HI/c1-24-19(27-11-14-30-18-16(20(21,22)23)5-4-10-26-18)28-15-7-12-29(13-8-15)17-6-2-3-9-25-17;/h2-6,9-10,15H,7-8,11-14H2,1H3,(H2,24,27,28);1H. The summed E-state index contributed by atoms with van der Waals surface area (Å²) in [5, 5.41) is 6.42. The number of anilines is 1. The van der Waals surface area contributed by atoms with Gasteiger partial charge in [0.05, 0.1) is 6.54 Å². The van der Waals surface area contributed by atoms with Crippen LogP contribution in [0.25, 0.3) is 0 Å². The van der Waals surface area contributed by atoms with Crippen LogP contribution in [0, 0.1) is 0 Å². The molecule has 11 heteroatoms. The van der Waals surface area contributed by atoms with Crippen molar-refractivity contribution < 1.29 is 17.9 Å².